The van der Waals surface area contributed by atoms with E-state index in [1.807, 2.05) is 6.07 Å². The maximum Gasteiger partial charge on any atom is 0.416 e. The van der Waals surface area contributed by atoms with Crippen LogP contribution in [0.5, 0.6) is 5.75 Å². The smallest absolute Gasteiger partial charge is 0.416 e. The van der Waals surface area contributed by atoms with E-state index < -0.39 is 11.7 Å². The standard InChI is InChI=1S/C27H27F3N4O/c1-35-20-6-7-24-22(16-20)21-11-15-31-23-10-14-26(34(24)25(21)23)12-8-19(9-13-26)33-32-18-4-2-17(3-5-18)27(28,29)30/h2-8,12,16,23,31-32H,9-11,13-15H2,1H3/b33-19+/t23-,26+/m0/s1. The van der Waals surface area contributed by atoms with E-state index in [9.17, 15) is 13.2 Å². The van der Waals surface area contributed by atoms with Crippen LogP contribution in [0.3, 0.4) is 0 Å². The number of hydrogen-bond donors (Lipinski definition) is 2. The van der Waals surface area contributed by atoms with Crippen molar-refractivity contribution in [2.75, 3.05) is 19.1 Å². The van der Waals surface area contributed by atoms with Gasteiger partial charge in [0.15, 0.2) is 0 Å². The largest absolute Gasteiger partial charge is 0.497 e. The Bertz CT molecular complexity index is 1340. The minimum atomic E-state index is -4.34. The molecule has 182 valence electrons. The third-order valence-corrected chi connectivity index (χ3v) is 7.67. The number of hydrazone groups is 1. The van der Waals surface area contributed by atoms with E-state index >= 15 is 0 Å². The molecule has 0 saturated heterocycles. The predicted molar refractivity (Wildman–Crippen MR) is 131 cm³/mol. The number of ether oxygens (including phenoxy) is 1. The molecular weight excluding hydrogens is 453 g/mol. The maximum atomic E-state index is 12.8. The van der Waals surface area contributed by atoms with Crippen LogP contribution in [0, 0.1) is 0 Å². The highest BCUT2D eigenvalue weighted by molar-refractivity contribution is 5.97. The van der Waals surface area contributed by atoms with Crippen molar-refractivity contribution < 1.29 is 17.9 Å². The van der Waals surface area contributed by atoms with E-state index in [-0.39, 0.29) is 5.54 Å². The van der Waals surface area contributed by atoms with Crippen LogP contribution in [0.2, 0.25) is 0 Å². The highest BCUT2D eigenvalue weighted by atomic mass is 19.4. The molecule has 2 aromatic carbocycles. The lowest BCUT2D eigenvalue weighted by molar-refractivity contribution is -0.137. The minimum Gasteiger partial charge on any atom is -0.497 e. The van der Waals surface area contributed by atoms with Crippen LogP contribution in [-0.4, -0.2) is 23.9 Å². The zero-order chi connectivity index (χ0) is 24.2. The summed E-state index contributed by atoms with van der Waals surface area (Å²) in [6.07, 6.45) is 4.85. The second-order valence-electron chi connectivity index (χ2n) is 9.60. The molecule has 0 unspecified atom stereocenters. The average molecular weight is 481 g/mol. The van der Waals surface area contributed by atoms with Gasteiger partial charge in [-0.2, -0.15) is 18.3 Å². The summed E-state index contributed by atoms with van der Waals surface area (Å²) in [6, 6.07) is 11.7. The van der Waals surface area contributed by atoms with E-state index in [1.165, 1.54) is 34.3 Å². The molecule has 35 heavy (non-hydrogen) atoms. The summed E-state index contributed by atoms with van der Waals surface area (Å²) in [5, 5.41) is 9.46. The van der Waals surface area contributed by atoms with Gasteiger partial charge in [0, 0.05) is 22.6 Å². The number of nitrogens with zero attached hydrogens (tertiary/aromatic N) is 2. The van der Waals surface area contributed by atoms with Gasteiger partial charge >= 0.3 is 6.18 Å². The third kappa shape index (κ3) is 3.71. The Morgan fingerprint density at radius 2 is 1.94 bits per heavy atom. The lowest BCUT2D eigenvalue weighted by Crippen LogP contribution is -2.44. The molecule has 0 bridgehead atoms. The number of hydrogen-bond acceptors (Lipinski definition) is 4. The van der Waals surface area contributed by atoms with Gasteiger partial charge in [0.25, 0.3) is 0 Å². The zero-order valence-corrected chi connectivity index (χ0v) is 19.5. The van der Waals surface area contributed by atoms with Crippen molar-refractivity contribution in [2.24, 2.45) is 5.10 Å². The van der Waals surface area contributed by atoms with E-state index in [0.29, 0.717) is 11.7 Å². The van der Waals surface area contributed by atoms with Crippen LogP contribution in [0.15, 0.2) is 59.7 Å². The van der Waals surface area contributed by atoms with E-state index in [2.05, 4.69) is 44.7 Å². The SMILES string of the molecule is COc1ccc2c(c1)c1c3n2[C@@]2(C=C/C(=N\Nc4ccc(C(F)(F)F)cc4)CC2)CC[C@@H]3NCC1. The molecule has 2 N–H and O–H groups in total. The van der Waals surface area contributed by atoms with Crippen LogP contribution in [-0.2, 0) is 18.1 Å². The van der Waals surface area contributed by atoms with Crippen LogP contribution >= 0.6 is 0 Å². The number of aromatic nitrogens is 1. The Morgan fingerprint density at radius 1 is 1.11 bits per heavy atom. The van der Waals surface area contributed by atoms with Gasteiger partial charge in [-0.3, -0.25) is 5.43 Å². The highest BCUT2D eigenvalue weighted by Gasteiger charge is 2.43. The number of rotatable bonds is 3. The number of methoxy groups -OCH3 is 1. The van der Waals surface area contributed by atoms with Crippen LogP contribution < -0.4 is 15.5 Å². The molecule has 3 heterocycles. The molecule has 0 radical (unpaired) electrons. The van der Waals surface area contributed by atoms with Crippen molar-refractivity contribution in [1.82, 2.24) is 9.88 Å². The quantitative estimate of drug-likeness (QED) is 0.441. The third-order valence-electron chi connectivity index (χ3n) is 7.67. The molecule has 6 rings (SSSR count). The topological polar surface area (TPSA) is 50.6 Å². The van der Waals surface area contributed by atoms with Crippen molar-refractivity contribution in [3.63, 3.8) is 0 Å². The fraction of sp³-hybridized carbons (Fsp3) is 0.370. The van der Waals surface area contributed by atoms with E-state index in [1.54, 1.807) is 7.11 Å². The average Bonchev–Trinajstić information content (AvgIpc) is 3.21. The van der Waals surface area contributed by atoms with Gasteiger partial charge in [-0.15, -0.1) is 0 Å². The zero-order valence-electron chi connectivity index (χ0n) is 19.5. The number of halogens is 3. The number of fused-ring (bicyclic) bond motifs is 4. The Kier molecular flexibility index (Phi) is 5.18. The van der Waals surface area contributed by atoms with Crippen molar-refractivity contribution in [2.45, 2.75) is 49.9 Å². The van der Waals surface area contributed by atoms with Crippen LogP contribution in [0.25, 0.3) is 10.9 Å². The molecule has 0 saturated carbocycles. The van der Waals surface area contributed by atoms with Gasteiger partial charge in [-0.25, -0.2) is 0 Å². The highest BCUT2D eigenvalue weighted by Crippen LogP contribution is 2.49. The summed E-state index contributed by atoms with van der Waals surface area (Å²) in [5.41, 5.74) is 7.64. The summed E-state index contributed by atoms with van der Waals surface area (Å²) >= 11 is 0. The Hall–Kier alpha value is -3.26. The van der Waals surface area contributed by atoms with Crippen LogP contribution in [0.1, 0.15) is 48.5 Å². The molecule has 3 aliphatic rings. The van der Waals surface area contributed by atoms with Gasteiger partial charge in [0.05, 0.1) is 29.6 Å². The first-order valence-electron chi connectivity index (χ1n) is 12.0. The van der Waals surface area contributed by atoms with Crippen molar-refractivity contribution in [1.29, 1.82) is 0 Å². The summed E-state index contributed by atoms with van der Waals surface area (Å²) in [4.78, 5) is 0. The molecule has 1 aliphatic carbocycles. The monoisotopic (exact) mass is 480 g/mol. The predicted octanol–water partition coefficient (Wildman–Crippen LogP) is 6.16. The van der Waals surface area contributed by atoms with Gasteiger partial charge in [-0.05, 0) is 92.8 Å². The molecule has 2 aliphatic heterocycles. The number of alkyl halides is 3. The second kappa shape index (κ2) is 8.16. The Labute approximate surface area is 201 Å². The van der Waals surface area contributed by atoms with Gasteiger partial charge in [0.2, 0.25) is 0 Å². The summed E-state index contributed by atoms with van der Waals surface area (Å²) in [7, 11) is 1.71. The second-order valence-corrected chi connectivity index (χ2v) is 9.60. The first kappa shape index (κ1) is 22.2. The summed E-state index contributed by atoms with van der Waals surface area (Å²) < 4.78 is 46.5. The fourth-order valence-corrected chi connectivity index (χ4v) is 5.92. The lowest BCUT2D eigenvalue weighted by atomic mass is 9.77. The molecule has 2 atom stereocenters. The molecule has 0 fully saturated rings. The first-order chi connectivity index (χ1) is 16.9. The van der Waals surface area contributed by atoms with Gasteiger partial charge in [0.1, 0.15) is 5.75 Å². The molecular formula is C27H27F3N4O. The minimum absolute atomic E-state index is 0.108. The molecule has 1 spiro atoms. The Morgan fingerprint density at radius 3 is 2.66 bits per heavy atom. The number of allylic oxidation sites excluding steroid dienone is 2. The van der Waals surface area contributed by atoms with Crippen molar-refractivity contribution in [3.8, 4) is 5.75 Å². The van der Waals surface area contributed by atoms with Crippen molar-refractivity contribution in [3.05, 3.63) is 71.4 Å². The molecule has 0 amide bonds. The number of anilines is 1. The number of nitrogens with one attached hydrogen (secondary N) is 2. The van der Waals surface area contributed by atoms with Gasteiger partial charge < -0.3 is 14.6 Å². The van der Waals surface area contributed by atoms with Crippen LogP contribution in [0.4, 0.5) is 18.9 Å². The number of benzene rings is 2. The van der Waals surface area contributed by atoms with Crippen molar-refractivity contribution >= 4 is 22.3 Å². The van der Waals surface area contributed by atoms with Gasteiger partial charge in [-0.1, -0.05) is 6.08 Å². The van der Waals surface area contributed by atoms with E-state index in [4.69, 9.17) is 4.74 Å². The van der Waals surface area contributed by atoms with E-state index in [0.717, 1.165) is 62.2 Å². The lowest BCUT2D eigenvalue weighted by Gasteiger charge is -2.45. The molecule has 3 aromatic rings. The maximum absolute atomic E-state index is 12.8. The fourth-order valence-electron chi connectivity index (χ4n) is 5.92. The molecule has 1 aromatic heterocycles. The summed E-state index contributed by atoms with van der Waals surface area (Å²) in [5.74, 6) is 0.878. The molecule has 5 nitrogen and oxygen atoms in total. The normalized spacial score (nSPS) is 24.7. The molecule has 8 heteroatoms. The summed E-state index contributed by atoms with van der Waals surface area (Å²) in [6.45, 7) is 0.989. The Balaban J connectivity index is 1.31. The first-order valence-corrected chi connectivity index (χ1v) is 12.0.